The molecule has 3 rings (SSSR count). The summed E-state index contributed by atoms with van der Waals surface area (Å²) >= 11 is 8.83. The molecule has 8 heteroatoms. The molecule has 0 fully saturated rings. The van der Waals surface area contributed by atoms with Crippen molar-refractivity contribution in [1.82, 2.24) is 9.55 Å². The quantitative estimate of drug-likeness (QED) is 0.443. The van der Waals surface area contributed by atoms with Crippen LogP contribution >= 0.6 is 34.7 Å². The van der Waals surface area contributed by atoms with Crippen molar-refractivity contribution in [1.29, 1.82) is 0 Å². The molecule has 0 bridgehead atoms. The smallest absolute Gasteiger partial charge is 0.272 e. The maximum absolute atomic E-state index is 12.8. The molecular weight excluding hydrogens is 402 g/mol. The van der Waals surface area contributed by atoms with Gasteiger partial charge in [0, 0.05) is 6.04 Å². The molecule has 1 aromatic carbocycles. The second-order valence-corrected chi connectivity index (χ2v) is 8.55. The zero-order valence-electron chi connectivity index (χ0n) is 15.3. The Morgan fingerprint density at radius 2 is 2.19 bits per heavy atom. The molecule has 5 nitrogen and oxygen atoms in total. The van der Waals surface area contributed by atoms with Gasteiger partial charge in [-0.1, -0.05) is 36.4 Å². The van der Waals surface area contributed by atoms with Gasteiger partial charge in [-0.25, -0.2) is 4.98 Å². The molecule has 0 spiro atoms. The van der Waals surface area contributed by atoms with Crippen molar-refractivity contribution in [3.05, 3.63) is 50.6 Å². The number of anilines is 1. The number of aryl methyl sites for hydroxylation is 1. The Morgan fingerprint density at radius 3 is 2.89 bits per heavy atom. The van der Waals surface area contributed by atoms with Gasteiger partial charge >= 0.3 is 0 Å². The van der Waals surface area contributed by atoms with E-state index in [9.17, 15) is 9.59 Å². The van der Waals surface area contributed by atoms with Gasteiger partial charge in [0.1, 0.15) is 4.70 Å². The number of aromatic nitrogens is 2. The first-order valence-corrected chi connectivity index (χ1v) is 10.8. The Hall–Kier alpha value is -1.83. The highest BCUT2D eigenvalue weighted by Gasteiger charge is 2.17. The Kier molecular flexibility index (Phi) is 6.24. The third-order valence-corrected chi connectivity index (χ3v) is 6.40. The molecule has 3 aromatic rings. The highest BCUT2D eigenvalue weighted by atomic mass is 35.5. The minimum Gasteiger partial charge on any atom is -0.324 e. The van der Waals surface area contributed by atoms with Crippen molar-refractivity contribution in [2.45, 2.75) is 38.4 Å². The largest absolute Gasteiger partial charge is 0.324 e. The fourth-order valence-corrected chi connectivity index (χ4v) is 4.56. The van der Waals surface area contributed by atoms with Crippen molar-refractivity contribution >= 4 is 56.5 Å². The van der Waals surface area contributed by atoms with Crippen molar-refractivity contribution in [3.8, 4) is 0 Å². The average molecular weight is 422 g/mol. The Bertz CT molecular complexity index is 1050. The van der Waals surface area contributed by atoms with Crippen LogP contribution in [0.1, 0.15) is 31.9 Å². The number of amides is 1. The number of nitrogens with zero attached hydrogens (tertiary/aromatic N) is 2. The molecular formula is C19H20ClN3O2S2. The fourth-order valence-electron chi connectivity index (χ4n) is 2.61. The first-order chi connectivity index (χ1) is 12.9. The molecule has 0 aliphatic heterocycles. The summed E-state index contributed by atoms with van der Waals surface area (Å²) < 4.78 is 2.34. The summed E-state index contributed by atoms with van der Waals surface area (Å²) in [7, 11) is 0. The molecule has 0 radical (unpaired) electrons. The van der Waals surface area contributed by atoms with Gasteiger partial charge in [0.15, 0.2) is 5.16 Å². The second-order valence-electron chi connectivity index (χ2n) is 6.28. The zero-order chi connectivity index (χ0) is 19.6. The lowest BCUT2D eigenvalue weighted by atomic mass is 10.2. The van der Waals surface area contributed by atoms with E-state index in [-0.39, 0.29) is 23.3 Å². The monoisotopic (exact) mass is 421 g/mol. The topological polar surface area (TPSA) is 64.0 Å². The third kappa shape index (κ3) is 4.36. The van der Waals surface area contributed by atoms with Gasteiger partial charge in [0.25, 0.3) is 5.56 Å². The normalized spacial score (nSPS) is 12.3. The molecule has 0 saturated carbocycles. The van der Waals surface area contributed by atoms with Gasteiger partial charge in [-0.05, 0) is 49.4 Å². The van der Waals surface area contributed by atoms with E-state index in [1.807, 2.05) is 38.3 Å². The van der Waals surface area contributed by atoms with Crippen LogP contribution in [0.4, 0.5) is 5.69 Å². The van der Waals surface area contributed by atoms with E-state index in [0.717, 1.165) is 12.0 Å². The molecule has 0 aliphatic carbocycles. The number of hydrogen-bond acceptors (Lipinski definition) is 5. The highest BCUT2D eigenvalue weighted by Crippen LogP contribution is 2.26. The van der Waals surface area contributed by atoms with Crippen LogP contribution in [0.15, 0.2) is 39.6 Å². The Morgan fingerprint density at radius 1 is 1.41 bits per heavy atom. The van der Waals surface area contributed by atoms with Gasteiger partial charge in [0.2, 0.25) is 5.91 Å². The molecule has 1 amide bonds. The lowest BCUT2D eigenvalue weighted by Gasteiger charge is -2.17. The number of nitrogens with one attached hydrogen (secondary N) is 1. The third-order valence-electron chi connectivity index (χ3n) is 4.24. The number of thiophene rings is 1. The number of halogens is 1. The van der Waals surface area contributed by atoms with E-state index in [1.54, 1.807) is 16.7 Å². The number of rotatable bonds is 6. The van der Waals surface area contributed by atoms with Crippen LogP contribution in [-0.2, 0) is 4.79 Å². The van der Waals surface area contributed by atoms with Crippen LogP contribution in [0.2, 0.25) is 5.02 Å². The summed E-state index contributed by atoms with van der Waals surface area (Å²) in [5.74, 6) is -0.0518. The Balaban J connectivity index is 1.81. The van der Waals surface area contributed by atoms with Gasteiger partial charge in [-0.15, -0.1) is 11.3 Å². The molecule has 1 N–H and O–H groups in total. The van der Waals surface area contributed by atoms with E-state index < -0.39 is 0 Å². The molecule has 2 aromatic heterocycles. The van der Waals surface area contributed by atoms with E-state index in [1.165, 1.54) is 23.1 Å². The number of carbonyl (C=O) groups is 1. The number of thioether (sulfide) groups is 1. The molecule has 142 valence electrons. The minimum atomic E-state index is -0.193. The second kappa shape index (κ2) is 8.46. The SMILES string of the molecule is CCC(C)n1c(SCC(=O)Nc2ccc(C)cc2Cl)nc2ccsc2c1=O. The van der Waals surface area contributed by atoms with Crippen molar-refractivity contribution < 1.29 is 4.79 Å². The zero-order valence-corrected chi connectivity index (χ0v) is 17.7. The van der Waals surface area contributed by atoms with Crippen LogP contribution in [0, 0.1) is 6.92 Å². The van der Waals surface area contributed by atoms with Gasteiger partial charge < -0.3 is 5.32 Å². The van der Waals surface area contributed by atoms with E-state index in [4.69, 9.17) is 11.6 Å². The lowest BCUT2D eigenvalue weighted by Crippen LogP contribution is -2.26. The van der Waals surface area contributed by atoms with Crippen LogP contribution in [0.3, 0.4) is 0 Å². The van der Waals surface area contributed by atoms with Crippen LogP contribution in [0.5, 0.6) is 0 Å². The molecule has 2 heterocycles. The van der Waals surface area contributed by atoms with Crippen LogP contribution in [-0.4, -0.2) is 21.2 Å². The average Bonchev–Trinajstić information content (AvgIpc) is 3.11. The van der Waals surface area contributed by atoms with Crippen LogP contribution < -0.4 is 10.9 Å². The van der Waals surface area contributed by atoms with E-state index in [2.05, 4.69) is 10.3 Å². The predicted octanol–water partition coefficient (Wildman–Crippen LogP) is 5.12. The first-order valence-electron chi connectivity index (χ1n) is 8.59. The number of fused-ring (bicyclic) bond motifs is 1. The number of carbonyl (C=O) groups excluding carboxylic acids is 1. The van der Waals surface area contributed by atoms with Crippen molar-refractivity contribution in [2.24, 2.45) is 0 Å². The first kappa shape index (κ1) is 19.9. The summed E-state index contributed by atoms with van der Waals surface area (Å²) in [6.07, 6.45) is 0.803. The molecule has 1 atom stereocenters. The summed E-state index contributed by atoms with van der Waals surface area (Å²) in [4.78, 5) is 29.8. The minimum absolute atomic E-state index is 0.00797. The molecule has 0 saturated heterocycles. The Labute approximate surface area is 170 Å². The fraction of sp³-hybridized carbons (Fsp3) is 0.316. The molecule has 0 aliphatic rings. The van der Waals surface area contributed by atoms with Crippen molar-refractivity contribution in [2.75, 3.05) is 11.1 Å². The predicted molar refractivity (Wildman–Crippen MR) is 114 cm³/mol. The molecule has 1 unspecified atom stereocenters. The summed E-state index contributed by atoms with van der Waals surface area (Å²) in [5, 5.41) is 5.74. The maximum Gasteiger partial charge on any atom is 0.272 e. The van der Waals surface area contributed by atoms with Gasteiger partial charge in [-0.2, -0.15) is 0 Å². The van der Waals surface area contributed by atoms with E-state index in [0.29, 0.717) is 26.1 Å². The van der Waals surface area contributed by atoms with Gasteiger partial charge in [-0.3, -0.25) is 14.2 Å². The summed E-state index contributed by atoms with van der Waals surface area (Å²) in [5.41, 5.74) is 2.23. The number of hydrogen-bond donors (Lipinski definition) is 1. The summed E-state index contributed by atoms with van der Waals surface area (Å²) in [6, 6.07) is 7.32. The van der Waals surface area contributed by atoms with Gasteiger partial charge in [0.05, 0.1) is 22.0 Å². The van der Waals surface area contributed by atoms with Crippen molar-refractivity contribution in [3.63, 3.8) is 0 Å². The standard InChI is InChI=1S/C19H20ClN3O2S2/c1-4-12(3)23-18(25)17-15(7-8-26-17)22-19(23)27-10-16(24)21-14-6-5-11(2)9-13(14)20/h5-9,12H,4,10H2,1-3H3,(H,21,24). The van der Waals surface area contributed by atoms with E-state index >= 15 is 0 Å². The highest BCUT2D eigenvalue weighted by molar-refractivity contribution is 7.99. The molecule has 27 heavy (non-hydrogen) atoms. The lowest BCUT2D eigenvalue weighted by molar-refractivity contribution is -0.113. The van der Waals surface area contributed by atoms with Crippen LogP contribution in [0.25, 0.3) is 10.2 Å². The maximum atomic E-state index is 12.8. The summed E-state index contributed by atoms with van der Waals surface area (Å²) in [6.45, 7) is 5.95. The number of benzene rings is 1.